The molecule has 4 rings (SSSR count). The molecule has 32 heavy (non-hydrogen) atoms. The second-order valence-corrected chi connectivity index (χ2v) is 10.7. The number of rotatable bonds is 7. The molecule has 1 aliphatic carbocycles. The smallest absolute Gasteiger partial charge is 0.264 e. The van der Waals surface area contributed by atoms with Gasteiger partial charge in [0.05, 0.1) is 0 Å². The number of thioether (sulfide) groups is 1. The zero-order valence-electron chi connectivity index (χ0n) is 19.4. The summed E-state index contributed by atoms with van der Waals surface area (Å²) in [4.78, 5) is 15.4. The number of benzene rings is 2. The van der Waals surface area contributed by atoms with Crippen LogP contribution in [0.2, 0.25) is 0 Å². The fourth-order valence-corrected chi connectivity index (χ4v) is 7.11. The summed E-state index contributed by atoms with van der Waals surface area (Å²) in [5.74, 6) is 2.03. The van der Waals surface area contributed by atoms with Crippen LogP contribution in [0, 0.1) is 5.41 Å². The standard InChI is InChI=1S/C28H37NO2S/c1-2-23-13-15-25(16-14-23)31-22-27(30)29(24-11-7-6-8-12-24)21-26-28(19-20-32-26)17-9-4-3-5-10-18-28/h6-8,11-16,26H,2-5,9-10,17-22H2,1H3. The molecule has 0 N–H and O–H groups in total. The van der Waals surface area contributed by atoms with Crippen LogP contribution in [-0.4, -0.2) is 30.1 Å². The number of anilines is 1. The van der Waals surface area contributed by atoms with E-state index in [9.17, 15) is 4.79 Å². The summed E-state index contributed by atoms with van der Waals surface area (Å²) < 4.78 is 5.91. The average Bonchev–Trinajstić information content (AvgIpc) is 3.22. The maximum absolute atomic E-state index is 13.4. The molecular weight excluding hydrogens is 414 g/mol. The minimum Gasteiger partial charge on any atom is -0.484 e. The highest BCUT2D eigenvalue weighted by atomic mass is 32.2. The molecule has 4 heteroatoms. The van der Waals surface area contributed by atoms with Crippen LogP contribution in [0.1, 0.15) is 63.9 Å². The summed E-state index contributed by atoms with van der Waals surface area (Å²) in [6.45, 7) is 3.00. The average molecular weight is 452 g/mol. The normalized spacial score (nSPS) is 20.5. The quantitative estimate of drug-likeness (QED) is 0.459. The molecule has 3 nitrogen and oxygen atoms in total. The van der Waals surface area contributed by atoms with Crippen LogP contribution in [-0.2, 0) is 11.2 Å². The van der Waals surface area contributed by atoms with E-state index in [0.717, 1.165) is 24.4 Å². The third-order valence-corrected chi connectivity index (χ3v) is 8.85. The van der Waals surface area contributed by atoms with Crippen molar-refractivity contribution in [2.75, 3.05) is 23.8 Å². The number of hydrogen-bond donors (Lipinski definition) is 0. The summed E-state index contributed by atoms with van der Waals surface area (Å²) >= 11 is 2.09. The Hall–Kier alpha value is -1.94. The van der Waals surface area contributed by atoms with Gasteiger partial charge in [-0.2, -0.15) is 11.8 Å². The molecule has 0 aromatic heterocycles. The van der Waals surface area contributed by atoms with Gasteiger partial charge in [-0.1, -0.05) is 69.4 Å². The van der Waals surface area contributed by atoms with Gasteiger partial charge in [-0.05, 0) is 66.7 Å². The molecule has 1 amide bonds. The SMILES string of the molecule is CCc1ccc(OCC(=O)N(CC2SCCC23CCCCCCC3)c2ccccc2)cc1. The van der Waals surface area contributed by atoms with Crippen molar-refractivity contribution in [3.8, 4) is 5.75 Å². The lowest BCUT2D eigenvalue weighted by molar-refractivity contribution is -0.120. The Bertz CT molecular complexity index is 843. The van der Waals surface area contributed by atoms with Crippen molar-refractivity contribution in [1.82, 2.24) is 0 Å². The first-order chi connectivity index (χ1) is 15.7. The Morgan fingerprint density at radius 2 is 1.66 bits per heavy atom. The molecular formula is C28H37NO2S. The monoisotopic (exact) mass is 451 g/mol. The van der Waals surface area contributed by atoms with E-state index in [1.807, 2.05) is 35.2 Å². The third-order valence-electron chi connectivity index (χ3n) is 7.36. The first-order valence-corrected chi connectivity index (χ1v) is 13.4. The first-order valence-electron chi connectivity index (χ1n) is 12.4. The van der Waals surface area contributed by atoms with Gasteiger partial charge in [0.25, 0.3) is 5.91 Å². The molecule has 1 heterocycles. The van der Waals surface area contributed by atoms with Gasteiger partial charge in [0.1, 0.15) is 5.75 Å². The van der Waals surface area contributed by atoms with Crippen LogP contribution in [0.4, 0.5) is 5.69 Å². The summed E-state index contributed by atoms with van der Waals surface area (Å²) in [5.41, 5.74) is 2.66. The third kappa shape index (κ3) is 5.70. The van der Waals surface area contributed by atoms with Crippen molar-refractivity contribution in [1.29, 1.82) is 0 Å². The molecule has 2 aromatic carbocycles. The van der Waals surface area contributed by atoms with Gasteiger partial charge >= 0.3 is 0 Å². The van der Waals surface area contributed by atoms with Crippen molar-refractivity contribution < 1.29 is 9.53 Å². The van der Waals surface area contributed by atoms with Crippen molar-refractivity contribution >= 4 is 23.4 Å². The minimum atomic E-state index is 0.0456. The maximum Gasteiger partial charge on any atom is 0.264 e. The van der Waals surface area contributed by atoms with Crippen LogP contribution in [0.25, 0.3) is 0 Å². The zero-order chi connectivity index (χ0) is 22.2. The lowest BCUT2D eigenvalue weighted by Crippen LogP contribution is -2.44. The van der Waals surface area contributed by atoms with Gasteiger partial charge in [0.2, 0.25) is 0 Å². The Balaban J connectivity index is 1.48. The number of carbonyl (C=O) groups is 1. The molecule has 1 aliphatic heterocycles. The second kappa shape index (κ2) is 11.3. The molecule has 2 aromatic rings. The Kier molecular flexibility index (Phi) is 8.18. The Labute approximate surface area is 197 Å². The number of amides is 1. The van der Waals surface area contributed by atoms with E-state index in [2.05, 4.69) is 43.0 Å². The number of hydrogen-bond acceptors (Lipinski definition) is 3. The van der Waals surface area contributed by atoms with E-state index in [1.165, 1.54) is 62.7 Å². The predicted molar refractivity (Wildman–Crippen MR) is 136 cm³/mol. The van der Waals surface area contributed by atoms with E-state index in [1.54, 1.807) is 0 Å². The summed E-state index contributed by atoms with van der Waals surface area (Å²) in [6, 6.07) is 18.2. The lowest BCUT2D eigenvalue weighted by Gasteiger charge is -2.39. The van der Waals surface area contributed by atoms with Crippen LogP contribution in [0.15, 0.2) is 54.6 Å². The maximum atomic E-state index is 13.4. The fourth-order valence-electron chi connectivity index (χ4n) is 5.34. The molecule has 2 aliphatic rings. The van der Waals surface area contributed by atoms with Crippen LogP contribution >= 0.6 is 11.8 Å². The molecule has 1 unspecified atom stereocenters. The Morgan fingerprint density at radius 1 is 0.969 bits per heavy atom. The highest BCUT2D eigenvalue weighted by molar-refractivity contribution is 8.00. The van der Waals surface area contributed by atoms with Crippen LogP contribution in [0.3, 0.4) is 0 Å². The predicted octanol–water partition coefficient (Wildman–Crippen LogP) is 6.90. The molecule has 172 valence electrons. The first kappa shape index (κ1) is 23.2. The number of para-hydroxylation sites is 1. The van der Waals surface area contributed by atoms with Gasteiger partial charge < -0.3 is 9.64 Å². The lowest BCUT2D eigenvalue weighted by atomic mass is 9.72. The molecule has 1 spiro atoms. The molecule has 0 bridgehead atoms. The van der Waals surface area contributed by atoms with Crippen molar-refractivity contribution in [2.45, 2.75) is 70.0 Å². The zero-order valence-corrected chi connectivity index (χ0v) is 20.2. The van der Waals surface area contributed by atoms with E-state index < -0.39 is 0 Å². The summed E-state index contributed by atoms with van der Waals surface area (Å²) in [6.07, 6.45) is 11.8. The molecule has 1 saturated heterocycles. The molecule has 1 atom stereocenters. The highest BCUT2D eigenvalue weighted by Gasteiger charge is 2.44. The number of nitrogens with zero attached hydrogens (tertiary/aromatic N) is 1. The Morgan fingerprint density at radius 3 is 2.34 bits per heavy atom. The second-order valence-electron chi connectivity index (χ2n) is 9.37. The van der Waals surface area contributed by atoms with Gasteiger partial charge in [-0.25, -0.2) is 0 Å². The molecule has 1 saturated carbocycles. The van der Waals surface area contributed by atoms with Gasteiger partial charge in [-0.3, -0.25) is 4.79 Å². The summed E-state index contributed by atoms with van der Waals surface area (Å²) in [5, 5.41) is 0.508. The fraction of sp³-hybridized carbons (Fsp3) is 0.536. The van der Waals surface area contributed by atoms with Gasteiger partial charge in [0, 0.05) is 17.5 Å². The number of carbonyl (C=O) groups excluding carboxylic acids is 1. The van der Waals surface area contributed by atoms with E-state index in [4.69, 9.17) is 4.74 Å². The van der Waals surface area contributed by atoms with Gasteiger partial charge in [-0.15, -0.1) is 0 Å². The van der Waals surface area contributed by atoms with E-state index in [-0.39, 0.29) is 12.5 Å². The van der Waals surface area contributed by atoms with Crippen molar-refractivity contribution in [3.63, 3.8) is 0 Å². The minimum absolute atomic E-state index is 0.0456. The van der Waals surface area contributed by atoms with Crippen molar-refractivity contribution in [2.24, 2.45) is 5.41 Å². The number of aryl methyl sites for hydroxylation is 1. The summed E-state index contributed by atoms with van der Waals surface area (Å²) in [7, 11) is 0. The van der Waals surface area contributed by atoms with Crippen molar-refractivity contribution in [3.05, 3.63) is 60.2 Å². The van der Waals surface area contributed by atoms with Crippen LogP contribution < -0.4 is 9.64 Å². The van der Waals surface area contributed by atoms with E-state index >= 15 is 0 Å². The van der Waals surface area contributed by atoms with Crippen LogP contribution in [0.5, 0.6) is 5.75 Å². The van der Waals surface area contributed by atoms with Gasteiger partial charge in [0.15, 0.2) is 6.61 Å². The topological polar surface area (TPSA) is 29.5 Å². The highest BCUT2D eigenvalue weighted by Crippen LogP contribution is 2.51. The van der Waals surface area contributed by atoms with E-state index in [0.29, 0.717) is 10.7 Å². The molecule has 2 fully saturated rings. The largest absolute Gasteiger partial charge is 0.484 e. The number of ether oxygens (including phenoxy) is 1. The molecule has 0 radical (unpaired) electrons.